The summed E-state index contributed by atoms with van der Waals surface area (Å²) >= 11 is 0. The van der Waals surface area contributed by atoms with E-state index in [1.807, 2.05) is 45.3 Å². The molecule has 0 unspecified atom stereocenters. The van der Waals surface area contributed by atoms with Crippen molar-refractivity contribution in [3.63, 3.8) is 0 Å². The molecular weight excluding hydrogens is 445 g/mol. The molecule has 1 aromatic carbocycles. The van der Waals surface area contributed by atoms with Crippen molar-refractivity contribution in [2.24, 2.45) is 17.8 Å². The zero-order valence-electron chi connectivity index (χ0n) is 15.8. The second-order valence-corrected chi connectivity index (χ2v) is 5.48. The zero-order valence-corrected chi connectivity index (χ0v) is 18.1. The summed E-state index contributed by atoms with van der Waals surface area (Å²) < 4.78 is 13.0. The lowest BCUT2D eigenvalue weighted by Gasteiger charge is -2.14. The molecule has 1 aromatic heterocycles. The Morgan fingerprint density at radius 3 is 2.62 bits per heavy atom. The molecule has 3 N–H and O–H groups in total. The summed E-state index contributed by atoms with van der Waals surface area (Å²) in [7, 11) is 1.90. The summed E-state index contributed by atoms with van der Waals surface area (Å²) in [4.78, 5) is 4.42. The van der Waals surface area contributed by atoms with Gasteiger partial charge >= 0.3 is 0 Å². The minimum Gasteiger partial charge on any atom is -0.494 e. The number of nitrogens with one attached hydrogen (secondary N) is 1. The van der Waals surface area contributed by atoms with Crippen LogP contribution in [0.5, 0.6) is 11.5 Å². The Morgan fingerprint density at radius 2 is 1.96 bits per heavy atom. The molecule has 0 aliphatic rings. The Labute approximate surface area is 172 Å². The Balaban J connectivity index is 0.00000338. The maximum Gasteiger partial charge on any atom is 0.193 e. The number of aryl methyl sites for hydroxylation is 2. The van der Waals surface area contributed by atoms with Gasteiger partial charge in [-0.15, -0.1) is 24.0 Å². The number of benzene rings is 1. The standard InChI is InChI=1S/C18H27N5O2.HI/c1-5-15-13(12-23(4)22-15)11-20-18(19)21-16-10-14(24-6-2)8-9-17(16)25-7-3;/h8-10,12H,5-7,11H2,1-4H3,(H3,19,20,21);1H. The van der Waals surface area contributed by atoms with Crippen LogP contribution >= 0.6 is 24.0 Å². The number of anilines is 1. The number of halogens is 1. The van der Waals surface area contributed by atoms with Crippen molar-refractivity contribution in [3.05, 3.63) is 35.7 Å². The monoisotopic (exact) mass is 473 g/mol. The van der Waals surface area contributed by atoms with Crippen LogP contribution in [0.2, 0.25) is 0 Å². The van der Waals surface area contributed by atoms with E-state index in [0.717, 1.165) is 29.1 Å². The predicted molar refractivity (Wildman–Crippen MR) is 116 cm³/mol. The van der Waals surface area contributed by atoms with Gasteiger partial charge in [-0.05, 0) is 32.4 Å². The van der Waals surface area contributed by atoms with Crippen LogP contribution in [0.3, 0.4) is 0 Å². The van der Waals surface area contributed by atoms with E-state index in [1.54, 1.807) is 4.68 Å². The van der Waals surface area contributed by atoms with Crippen LogP contribution in [0.4, 0.5) is 5.69 Å². The average Bonchev–Trinajstić information content (AvgIpc) is 2.95. The van der Waals surface area contributed by atoms with Crippen LogP contribution in [-0.4, -0.2) is 29.0 Å². The van der Waals surface area contributed by atoms with Gasteiger partial charge in [0.2, 0.25) is 0 Å². The molecule has 0 radical (unpaired) electrons. The maximum atomic E-state index is 6.06. The first kappa shape index (κ1) is 22.1. The van der Waals surface area contributed by atoms with Crippen LogP contribution < -0.4 is 20.5 Å². The summed E-state index contributed by atoms with van der Waals surface area (Å²) in [6, 6.07) is 5.59. The quantitative estimate of drug-likeness (QED) is 0.349. The van der Waals surface area contributed by atoms with Crippen LogP contribution in [0, 0.1) is 0 Å². The number of ether oxygens (including phenoxy) is 2. The van der Waals surface area contributed by atoms with E-state index >= 15 is 0 Å². The van der Waals surface area contributed by atoms with Gasteiger partial charge in [-0.1, -0.05) is 6.92 Å². The van der Waals surface area contributed by atoms with E-state index in [1.165, 1.54) is 0 Å². The van der Waals surface area contributed by atoms with Crippen molar-refractivity contribution in [1.82, 2.24) is 9.78 Å². The Kier molecular flexibility index (Phi) is 9.25. The van der Waals surface area contributed by atoms with Crippen molar-refractivity contribution < 1.29 is 9.47 Å². The smallest absolute Gasteiger partial charge is 0.193 e. The Bertz CT molecular complexity index is 730. The summed E-state index contributed by atoms with van der Waals surface area (Å²) in [5, 5.41) is 7.52. The summed E-state index contributed by atoms with van der Waals surface area (Å²) in [5.41, 5.74) is 8.90. The van der Waals surface area contributed by atoms with Gasteiger partial charge in [0.15, 0.2) is 5.96 Å². The van der Waals surface area contributed by atoms with E-state index in [4.69, 9.17) is 15.2 Å². The fourth-order valence-electron chi connectivity index (χ4n) is 2.51. The molecule has 2 rings (SSSR count). The highest BCUT2D eigenvalue weighted by molar-refractivity contribution is 14.0. The molecule has 0 saturated heterocycles. The first-order valence-electron chi connectivity index (χ1n) is 8.55. The molecule has 0 atom stereocenters. The number of hydrogen-bond donors (Lipinski definition) is 2. The molecule has 8 heteroatoms. The molecular formula is C18H28IN5O2. The highest BCUT2D eigenvalue weighted by Crippen LogP contribution is 2.29. The third-order valence-corrected chi connectivity index (χ3v) is 3.57. The van der Waals surface area contributed by atoms with Crippen molar-refractivity contribution in [2.45, 2.75) is 33.7 Å². The van der Waals surface area contributed by atoms with Gasteiger partial charge in [-0.3, -0.25) is 4.68 Å². The third kappa shape index (κ3) is 6.08. The predicted octanol–water partition coefficient (Wildman–Crippen LogP) is 3.32. The highest BCUT2D eigenvalue weighted by atomic mass is 127. The van der Waals surface area contributed by atoms with E-state index in [0.29, 0.717) is 31.5 Å². The first-order chi connectivity index (χ1) is 12.1. The van der Waals surface area contributed by atoms with Gasteiger partial charge in [0.05, 0.1) is 31.1 Å². The highest BCUT2D eigenvalue weighted by Gasteiger charge is 2.08. The minimum atomic E-state index is 0. The lowest BCUT2D eigenvalue weighted by molar-refractivity contribution is 0.332. The molecule has 0 aliphatic heterocycles. The van der Waals surface area contributed by atoms with Gasteiger partial charge in [-0.2, -0.15) is 5.10 Å². The topological polar surface area (TPSA) is 86.7 Å². The second kappa shape index (κ2) is 10.9. The molecule has 0 bridgehead atoms. The van der Waals surface area contributed by atoms with Crippen molar-refractivity contribution in [2.75, 3.05) is 18.5 Å². The number of hydrogen-bond acceptors (Lipinski definition) is 4. The fraction of sp³-hybridized carbons (Fsp3) is 0.444. The number of nitrogens with zero attached hydrogens (tertiary/aromatic N) is 3. The second-order valence-electron chi connectivity index (χ2n) is 5.48. The van der Waals surface area contributed by atoms with Gasteiger partial charge in [0.25, 0.3) is 0 Å². The number of nitrogens with two attached hydrogens (primary N) is 1. The summed E-state index contributed by atoms with van der Waals surface area (Å²) in [6.07, 6.45) is 2.83. The van der Waals surface area contributed by atoms with Gasteiger partial charge < -0.3 is 20.5 Å². The number of aromatic nitrogens is 2. The molecule has 0 aliphatic carbocycles. The molecule has 0 saturated carbocycles. The molecule has 2 aromatic rings. The number of aliphatic imine (C=N–C) groups is 1. The molecule has 144 valence electrons. The van der Waals surface area contributed by atoms with Crippen molar-refractivity contribution >= 4 is 35.6 Å². The van der Waals surface area contributed by atoms with Crippen LogP contribution in [0.1, 0.15) is 32.0 Å². The summed E-state index contributed by atoms with van der Waals surface area (Å²) in [5.74, 6) is 1.78. The number of guanidine groups is 1. The molecule has 0 spiro atoms. The average molecular weight is 473 g/mol. The van der Waals surface area contributed by atoms with E-state index in [2.05, 4.69) is 22.3 Å². The lowest BCUT2D eigenvalue weighted by Crippen LogP contribution is -2.23. The largest absolute Gasteiger partial charge is 0.494 e. The van der Waals surface area contributed by atoms with E-state index in [9.17, 15) is 0 Å². The fourth-order valence-corrected chi connectivity index (χ4v) is 2.51. The molecule has 0 fully saturated rings. The first-order valence-corrected chi connectivity index (χ1v) is 8.55. The molecule has 26 heavy (non-hydrogen) atoms. The van der Waals surface area contributed by atoms with Crippen LogP contribution in [-0.2, 0) is 20.0 Å². The molecule has 7 nitrogen and oxygen atoms in total. The molecule has 0 amide bonds. The van der Waals surface area contributed by atoms with Crippen molar-refractivity contribution in [1.29, 1.82) is 0 Å². The third-order valence-electron chi connectivity index (χ3n) is 3.57. The van der Waals surface area contributed by atoms with E-state index in [-0.39, 0.29) is 24.0 Å². The zero-order chi connectivity index (χ0) is 18.2. The Morgan fingerprint density at radius 1 is 1.23 bits per heavy atom. The number of rotatable bonds is 8. The summed E-state index contributed by atoms with van der Waals surface area (Å²) in [6.45, 7) is 7.59. The maximum absolute atomic E-state index is 6.06. The van der Waals surface area contributed by atoms with Gasteiger partial charge in [-0.25, -0.2) is 4.99 Å². The van der Waals surface area contributed by atoms with Gasteiger partial charge in [0, 0.05) is 24.9 Å². The van der Waals surface area contributed by atoms with Crippen LogP contribution in [0.25, 0.3) is 0 Å². The lowest BCUT2D eigenvalue weighted by atomic mass is 10.2. The normalized spacial score (nSPS) is 11.0. The Hall–Kier alpha value is -1.97. The van der Waals surface area contributed by atoms with Gasteiger partial charge in [0.1, 0.15) is 11.5 Å². The SMILES string of the molecule is CCOc1ccc(OCC)c(NC(N)=NCc2cn(C)nc2CC)c1.I. The molecule has 1 heterocycles. The van der Waals surface area contributed by atoms with Crippen molar-refractivity contribution in [3.8, 4) is 11.5 Å². The van der Waals surface area contributed by atoms with E-state index < -0.39 is 0 Å². The minimum absolute atomic E-state index is 0. The van der Waals surface area contributed by atoms with Crippen LogP contribution in [0.15, 0.2) is 29.4 Å².